The fourth-order valence-corrected chi connectivity index (χ4v) is 1.76. The second-order valence-corrected chi connectivity index (χ2v) is 4.23. The molecule has 0 spiro atoms. The van der Waals surface area contributed by atoms with Crippen molar-refractivity contribution < 1.29 is 14.7 Å². The number of carboxylic acids is 1. The average molecular weight is 274 g/mol. The summed E-state index contributed by atoms with van der Waals surface area (Å²) in [6.45, 7) is 0. The number of amides is 1. The Labute approximate surface area is 114 Å². The quantitative estimate of drug-likeness (QED) is 0.589. The van der Waals surface area contributed by atoms with E-state index < -0.39 is 17.9 Å². The summed E-state index contributed by atoms with van der Waals surface area (Å²) in [5, 5.41) is 11.6. The van der Waals surface area contributed by atoms with Gasteiger partial charge in [0, 0.05) is 24.0 Å². The van der Waals surface area contributed by atoms with Crippen molar-refractivity contribution in [2.24, 2.45) is 0 Å². The van der Waals surface area contributed by atoms with Gasteiger partial charge in [-0.3, -0.25) is 4.79 Å². The number of carboxylic acid groups (broad SMARTS) is 1. The van der Waals surface area contributed by atoms with E-state index in [1.165, 1.54) is 12.5 Å². The molecule has 1 aromatic carbocycles. The summed E-state index contributed by atoms with van der Waals surface area (Å²) in [5.41, 5.74) is 6.86. The van der Waals surface area contributed by atoms with Crippen LogP contribution in [0.2, 0.25) is 0 Å². The zero-order chi connectivity index (χ0) is 14.5. The highest BCUT2D eigenvalue weighted by atomic mass is 16.4. The smallest absolute Gasteiger partial charge is 0.326 e. The van der Waals surface area contributed by atoms with Gasteiger partial charge in [-0.05, 0) is 12.1 Å². The van der Waals surface area contributed by atoms with Gasteiger partial charge >= 0.3 is 5.97 Å². The Morgan fingerprint density at radius 1 is 1.40 bits per heavy atom. The molecule has 1 heterocycles. The number of carbonyl (C=O) groups excluding carboxylic acids is 1. The number of hydrogen-bond acceptors (Lipinski definition) is 4. The van der Waals surface area contributed by atoms with Crippen LogP contribution in [0.4, 0.5) is 5.69 Å². The lowest BCUT2D eigenvalue weighted by molar-refractivity contribution is -0.139. The molecule has 0 aliphatic rings. The summed E-state index contributed by atoms with van der Waals surface area (Å²) in [5.74, 6) is -1.64. The van der Waals surface area contributed by atoms with E-state index in [1.54, 1.807) is 24.3 Å². The minimum atomic E-state index is -1.12. The maximum atomic E-state index is 12.0. The number of nitrogens with two attached hydrogens (primary N) is 1. The predicted molar refractivity (Wildman–Crippen MR) is 72.0 cm³/mol. The van der Waals surface area contributed by atoms with Crippen molar-refractivity contribution in [3.63, 3.8) is 0 Å². The van der Waals surface area contributed by atoms with Gasteiger partial charge in [0.1, 0.15) is 6.04 Å². The number of imidazole rings is 1. The van der Waals surface area contributed by atoms with Gasteiger partial charge in [-0.1, -0.05) is 12.1 Å². The maximum Gasteiger partial charge on any atom is 0.326 e. The van der Waals surface area contributed by atoms with Crippen LogP contribution in [0, 0.1) is 0 Å². The van der Waals surface area contributed by atoms with Crippen LogP contribution in [-0.4, -0.2) is 33.0 Å². The summed E-state index contributed by atoms with van der Waals surface area (Å²) < 4.78 is 0. The largest absolute Gasteiger partial charge is 0.480 e. The highest BCUT2D eigenvalue weighted by molar-refractivity contribution is 6.00. The molecule has 2 aromatic rings. The number of nitrogens with one attached hydrogen (secondary N) is 2. The first-order valence-corrected chi connectivity index (χ1v) is 5.93. The Morgan fingerprint density at radius 3 is 2.75 bits per heavy atom. The van der Waals surface area contributed by atoms with E-state index in [-0.39, 0.29) is 12.0 Å². The lowest BCUT2D eigenvalue weighted by Gasteiger charge is -2.14. The molecule has 0 aliphatic carbocycles. The van der Waals surface area contributed by atoms with Crippen molar-refractivity contribution in [1.29, 1.82) is 0 Å². The molecule has 104 valence electrons. The number of para-hydroxylation sites is 1. The molecular formula is C13H14N4O3. The molecule has 7 heteroatoms. The highest BCUT2D eigenvalue weighted by Crippen LogP contribution is 2.11. The van der Waals surface area contributed by atoms with Crippen molar-refractivity contribution >= 4 is 17.6 Å². The normalized spacial score (nSPS) is 11.8. The molecule has 0 saturated carbocycles. The molecule has 0 radical (unpaired) electrons. The van der Waals surface area contributed by atoms with E-state index in [2.05, 4.69) is 15.3 Å². The zero-order valence-corrected chi connectivity index (χ0v) is 10.5. The van der Waals surface area contributed by atoms with Crippen LogP contribution in [0.15, 0.2) is 36.8 Å². The summed E-state index contributed by atoms with van der Waals surface area (Å²) in [6.07, 6.45) is 3.08. The number of carbonyl (C=O) groups is 2. The lowest BCUT2D eigenvalue weighted by atomic mass is 10.1. The molecule has 1 aromatic heterocycles. The van der Waals surface area contributed by atoms with E-state index in [1.807, 2.05) is 0 Å². The van der Waals surface area contributed by atoms with Gasteiger partial charge in [0.15, 0.2) is 0 Å². The number of rotatable bonds is 5. The predicted octanol–water partition coefficient (Wildman–Crippen LogP) is 0.418. The summed E-state index contributed by atoms with van der Waals surface area (Å²) in [4.78, 5) is 29.8. The third-order valence-electron chi connectivity index (χ3n) is 2.79. The molecule has 5 N–H and O–H groups in total. The van der Waals surface area contributed by atoms with Gasteiger partial charge in [-0.2, -0.15) is 0 Å². The van der Waals surface area contributed by atoms with Crippen LogP contribution in [0.3, 0.4) is 0 Å². The van der Waals surface area contributed by atoms with Gasteiger partial charge < -0.3 is 21.1 Å². The first-order valence-electron chi connectivity index (χ1n) is 5.93. The van der Waals surface area contributed by atoms with E-state index >= 15 is 0 Å². The van der Waals surface area contributed by atoms with Crippen LogP contribution in [0.1, 0.15) is 16.1 Å². The van der Waals surface area contributed by atoms with Gasteiger partial charge in [0.05, 0.1) is 11.9 Å². The molecule has 2 rings (SSSR count). The molecule has 0 saturated heterocycles. The fraction of sp³-hybridized carbons (Fsp3) is 0.154. The molecule has 0 bridgehead atoms. The Kier molecular flexibility index (Phi) is 3.99. The maximum absolute atomic E-state index is 12.0. The number of H-pyrrole nitrogens is 1. The van der Waals surface area contributed by atoms with Gasteiger partial charge in [0.2, 0.25) is 0 Å². The highest BCUT2D eigenvalue weighted by Gasteiger charge is 2.22. The minimum Gasteiger partial charge on any atom is -0.480 e. The van der Waals surface area contributed by atoms with Crippen LogP contribution in [-0.2, 0) is 11.2 Å². The lowest BCUT2D eigenvalue weighted by Crippen LogP contribution is -2.42. The third-order valence-corrected chi connectivity index (χ3v) is 2.79. The Balaban J connectivity index is 2.10. The number of nitrogen functional groups attached to an aromatic ring is 1. The van der Waals surface area contributed by atoms with Crippen molar-refractivity contribution in [3.8, 4) is 0 Å². The van der Waals surface area contributed by atoms with Crippen molar-refractivity contribution in [1.82, 2.24) is 15.3 Å². The molecule has 1 atom stereocenters. The second kappa shape index (κ2) is 5.87. The van der Waals surface area contributed by atoms with E-state index in [0.717, 1.165) is 0 Å². The van der Waals surface area contributed by atoms with Crippen LogP contribution in [0.5, 0.6) is 0 Å². The van der Waals surface area contributed by atoms with Gasteiger partial charge in [-0.15, -0.1) is 0 Å². The Bertz CT molecular complexity index is 610. The number of hydrogen-bond donors (Lipinski definition) is 4. The number of benzene rings is 1. The van der Waals surface area contributed by atoms with Gasteiger partial charge in [0.25, 0.3) is 5.91 Å². The SMILES string of the molecule is Nc1ccccc1C(=O)N[C@@H](Cc1cnc[nH]1)C(=O)O. The molecule has 1 amide bonds. The van der Waals surface area contributed by atoms with E-state index in [9.17, 15) is 9.59 Å². The number of aliphatic carboxylic acids is 1. The summed E-state index contributed by atoms with van der Waals surface area (Å²) in [6, 6.07) is 5.43. The second-order valence-electron chi connectivity index (χ2n) is 4.23. The number of aromatic amines is 1. The zero-order valence-electron chi connectivity index (χ0n) is 10.5. The number of nitrogens with zero attached hydrogens (tertiary/aromatic N) is 1. The topological polar surface area (TPSA) is 121 Å². The Hall–Kier alpha value is -2.83. The van der Waals surface area contributed by atoms with Crippen LogP contribution >= 0.6 is 0 Å². The van der Waals surface area contributed by atoms with E-state index in [4.69, 9.17) is 10.8 Å². The standard InChI is InChI=1S/C13H14N4O3/c14-10-4-2-1-3-9(10)12(18)17-11(13(19)20)5-8-6-15-7-16-8/h1-4,6-7,11H,5,14H2,(H,15,16)(H,17,18)(H,19,20)/t11-/m0/s1. The number of anilines is 1. The molecule has 20 heavy (non-hydrogen) atoms. The van der Waals surface area contributed by atoms with Crippen molar-refractivity contribution in [2.45, 2.75) is 12.5 Å². The summed E-state index contributed by atoms with van der Waals surface area (Å²) in [7, 11) is 0. The van der Waals surface area contributed by atoms with E-state index in [0.29, 0.717) is 11.4 Å². The first-order chi connectivity index (χ1) is 9.58. The fourth-order valence-electron chi connectivity index (χ4n) is 1.76. The van der Waals surface area contributed by atoms with Crippen LogP contribution in [0.25, 0.3) is 0 Å². The number of aromatic nitrogens is 2. The summed E-state index contributed by atoms with van der Waals surface area (Å²) >= 11 is 0. The molecule has 0 unspecified atom stereocenters. The van der Waals surface area contributed by atoms with Gasteiger partial charge in [-0.25, -0.2) is 9.78 Å². The Morgan fingerprint density at radius 2 is 2.15 bits per heavy atom. The average Bonchev–Trinajstić information content (AvgIpc) is 2.91. The minimum absolute atomic E-state index is 0.119. The molecule has 0 aliphatic heterocycles. The van der Waals surface area contributed by atoms with Crippen LogP contribution < -0.4 is 11.1 Å². The van der Waals surface area contributed by atoms with Crippen molar-refractivity contribution in [3.05, 3.63) is 48.0 Å². The third kappa shape index (κ3) is 3.14. The van der Waals surface area contributed by atoms with Crippen molar-refractivity contribution in [2.75, 3.05) is 5.73 Å². The first kappa shape index (κ1) is 13.6. The monoisotopic (exact) mass is 274 g/mol. The molecular weight excluding hydrogens is 260 g/mol. The molecule has 0 fully saturated rings. The molecule has 7 nitrogen and oxygen atoms in total.